The summed E-state index contributed by atoms with van der Waals surface area (Å²) in [6.45, 7) is 2.19. The highest BCUT2D eigenvalue weighted by molar-refractivity contribution is 7.86. The van der Waals surface area contributed by atoms with Crippen LogP contribution in [0.3, 0.4) is 0 Å². The number of anilines is 1. The molecular weight excluding hydrogens is 269 g/mol. The summed E-state index contributed by atoms with van der Waals surface area (Å²) in [5.74, 6) is -0.524. The lowest BCUT2D eigenvalue weighted by Crippen LogP contribution is -2.45. The second-order valence-corrected chi connectivity index (χ2v) is 6.10. The Kier molecular flexibility index (Phi) is 3.80. The molecule has 1 aliphatic rings. The fraction of sp³-hybridized carbons (Fsp3) is 0.385. The first-order chi connectivity index (χ1) is 8.97. The fourth-order valence-corrected chi connectivity index (χ4v) is 3.32. The first kappa shape index (κ1) is 13.9. The number of hydrogen-bond donors (Lipinski definition) is 0. The lowest BCUT2D eigenvalue weighted by atomic mass is 10.1. The topological polar surface area (TPSA) is 54.5 Å². The van der Waals surface area contributed by atoms with Gasteiger partial charge >= 0.3 is 0 Å². The first-order valence-electron chi connectivity index (χ1n) is 5.90. The van der Waals surface area contributed by atoms with Gasteiger partial charge < -0.3 is 4.90 Å². The smallest absolute Gasteiger partial charge is 0.242 e. The number of Topliss-reactive ketones (excluding diaryl/α,β-unsaturated/α-hetero) is 1. The lowest BCUT2D eigenvalue weighted by molar-refractivity contribution is -0.118. The van der Waals surface area contributed by atoms with Crippen molar-refractivity contribution >= 4 is 28.2 Å². The van der Waals surface area contributed by atoms with Gasteiger partial charge in [0.05, 0.1) is 27.9 Å². The molecular formula is C13H14FNO3S. The van der Waals surface area contributed by atoms with E-state index < -0.39 is 22.7 Å². The highest BCUT2D eigenvalue weighted by atomic mass is 32.2. The van der Waals surface area contributed by atoms with Crippen LogP contribution in [-0.2, 0) is 15.6 Å². The van der Waals surface area contributed by atoms with E-state index in [9.17, 15) is 18.2 Å². The summed E-state index contributed by atoms with van der Waals surface area (Å²) in [5.41, 5.74) is 0.800. The average Bonchev–Trinajstić information content (AvgIpc) is 2.40. The van der Waals surface area contributed by atoms with E-state index in [0.717, 1.165) is 0 Å². The van der Waals surface area contributed by atoms with Crippen molar-refractivity contribution in [2.24, 2.45) is 0 Å². The lowest BCUT2D eigenvalue weighted by Gasteiger charge is -2.31. The average molecular weight is 283 g/mol. The molecule has 1 aromatic carbocycles. The van der Waals surface area contributed by atoms with Crippen LogP contribution in [0, 0.1) is 0 Å². The third kappa shape index (κ3) is 2.32. The molecule has 0 fully saturated rings. The predicted molar refractivity (Wildman–Crippen MR) is 70.6 cm³/mol. The van der Waals surface area contributed by atoms with Crippen LogP contribution in [0.4, 0.5) is 10.1 Å². The van der Waals surface area contributed by atoms with E-state index in [-0.39, 0.29) is 18.2 Å². The van der Waals surface area contributed by atoms with Gasteiger partial charge in [-0.2, -0.15) is 0 Å². The maximum atomic E-state index is 12.6. The summed E-state index contributed by atoms with van der Waals surface area (Å²) in [6.07, 6.45) is 0. The minimum atomic E-state index is -1.46. The summed E-state index contributed by atoms with van der Waals surface area (Å²) >= 11 is 0. The fourth-order valence-electron chi connectivity index (χ4n) is 2.05. The maximum Gasteiger partial charge on any atom is 0.242 e. The molecule has 1 aromatic rings. The summed E-state index contributed by atoms with van der Waals surface area (Å²) in [4.78, 5) is 25.2. The number of amides is 1. The molecule has 2 unspecified atom stereocenters. The van der Waals surface area contributed by atoms with Gasteiger partial charge in [0.1, 0.15) is 11.9 Å². The van der Waals surface area contributed by atoms with E-state index in [2.05, 4.69) is 0 Å². The van der Waals surface area contributed by atoms with Gasteiger partial charge in [-0.1, -0.05) is 6.07 Å². The van der Waals surface area contributed by atoms with E-state index in [1.807, 2.05) is 0 Å². The van der Waals surface area contributed by atoms with Crippen LogP contribution in [0.5, 0.6) is 0 Å². The number of benzene rings is 1. The number of carbonyl (C=O) groups is 2. The van der Waals surface area contributed by atoms with Crippen LogP contribution in [0.25, 0.3) is 0 Å². The number of nitrogens with zero attached hydrogens (tertiary/aromatic N) is 1. The van der Waals surface area contributed by atoms with Gasteiger partial charge in [-0.15, -0.1) is 0 Å². The molecule has 0 spiro atoms. The van der Waals surface area contributed by atoms with Gasteiger partial charge in [0.15, 0.2) is 5.78 Å². The molecule has 0 saturated heterocycles. The Labute approximate surface area is 113 Å². The third-order valence-electron chi connectivity index (χ3n) is 3.12. The van der Waals surface area contributed by atoms with Crippen molar-refractivity contribution in [2.75, 3.05) is 18.1 Å². The molecule has 1 aliphatic heterocycles. The molecule has 0 N–H and O–H groups in total. The molecule has 6 heteroatoms. The number of carbonyl (C=O) groups excluding carboxylic acids is 2. The van der Waals surface area contributed by atoms with Crippen LogP contribution < -0.4 is 4.90 Å². The van der Waals surface area contributed by atoms with Crippen LogP contribution in [-0.4, -0.2) is 34.4 Å². The Balaban J connectivity index is 2.59. The number of ketones is 1. The van der Waals surface area contributed by atoms with Gasteiger partial charge in [0.25, 0.3) is 0 Å². The summed E-state index contributed by atoms with van der Waals surface area (Å²) < 4.78 is 24.7. The standard InChI is InChI=1S/C13H14FNO3S/c1-8(16)10-3-4-12-11(7-10)15(6-5-14)13(17)9(2)19(12)18/h3-4,7,9H,5-6H2,1-2H3. The molecule has 2 atom stereocenters. The van der Waals surface area contributed by atoms with E-state index >= 15 is 0 Å². The Morgan fingerprint density at radius 3 is 2.74 bits per heavy atom. The summed E-state index contributed by atoms with van der Waals surface area (Å²) in [6, 6.07) is 4.67. The van der Waals surface area contributed by atoms with Crippen LogP contribution >= 0.6 is 0 Å². The number of halogens is 1. The Morgan fingerprint density at radius 1 is 1.47 bits per heavy atom. The van der Waals surface area contributed by atoms with Crippen LogP contribution in [0.2, 0.25) is 0 Å². The summed E-state index contributed by atoms with van der Waals surface area (Å²) in [5, 5.41) is -0.692. The van der Waals surface area contributed by atoms with Crippen molar-refractivity contribution in [3.8, 4) is 0 Å². The minimum Gasteiger partial charge on any atom is -0.308 e. The zero-order valence-corrected chi connectivity index (χ0v) is 11.5. The Hall–Kier alpha value is -1.56. The zero-order chi connectivity index (χ0) is 14.2. The predicted octanol–water partition coefficient (Wildman–Crippen LogP) is 1.70. The quantitative estimate of drug-likeness (QED) is 0.793. The number of rotatable bonds is 3. The summed E-state index contributed by atoms with van der Waals surface area (Å²) in [7, 11) is -1.46. The monoisotopic (exact) mass is 283 g/mol. The van der Waals surface area contributed by atoms with E-state index in [4.69, 9.17) is 0 Å². The van der Waals surface area contributed by atoms with E-state index in [1.165, 1.54) is 17.9 Å². The van der Waals surface area contributed by atoms with Crippen molar-refractivity contribution in [1.29, 1.82) is 0 Å². The SMILES string of the molecule is CC(=O)c1ccc2c(c1)N(CCF)C(=O)C(C)S2=O. The van der Waals surface area contributed by atoms with E-state index in [0.29, 0.717) is 16.1 Å². The number of hydrogen-bond acceptors (Lipinski definition) is 3. The first-order valence-corrected chi connectivity index (χ1v) is 7.11. The van der Waals surface area contributed by atoms with Crippen molar-refractivity contribution in [1.82, 2.24) is 0 Å². The molecule has 0 radical (unpaired) electrons. The van der Waals surface area contributed by atoms with Crippen molar-refractivity contribution in [3.05, 3.63) is 23.8 Å². The van der Waals surface area contributed by atoms with Gasteiger partial charge in [-0.05, 0) is 26.0 Å². The van der Waals surface area contributed by atoms with Crippen LogP contribution in [0.1, 0.15) is 24.2 Å². The number of fused-ring (bicyclic) bond motifs is 1. The highest BCUT2D eigenvalue weighted by Gasteiger charge is 2.35. The molecule has 0 bridgehead atoms. The Bertz CT molecular complexity index is 573. The van der Waals surface area contributed by atoms with Crippen molar-refractivity contribution in [3.63, 3.8) is 0 Å². The second kappa shape index (κ2) is 5.21. The van der Waals surface area contributed by atoms with Crippen LogP contribution in [0.15, 0.2) is 23.1 Å². The highest BCUT2D eigenvalue weighted by Crippen LogP contribution is 2.32. The van der Waals surface area contributed by atoms with Gasteiger partial charge in [-0.25, -0.2) is 4.39 Å². The maximum absolute atomic E-state index is 12.6. The normalized spacial score (nSPS) is 22.3. The molecule has 102 valence electrons. The van der Waals surface area contributed by atoms with Gasteiger partial charge in [0, 0.05) is 5.56 Å². The molecule has 0 aromatic heterocycles. The molecule has 0 aliphatic carbocycles. The van der Waals surface area contributed by atoms with Crippen molar-refractivity contribution in [2.45, 2.75) is 24.0 Å². The zero-order valence-electron chi connectivity index (χ0n) is 10.7. The minimum absolute atomic E-state index is 0.0886. The van der Waals surface area contributed by atoms with Gasteiger partial charge in [0.2, 0.25) is 5.91 Å². The molecule has 4 nitrogen and oxygen atoms in total. The molecule has 1 heterocycles. The third-order valence-corrected chi connectivity index (χ3v) is 4.74. The number of alkyl halides is 1. The van der Waals surface area contributed by atoms with E-state index in [1.54, 1.807) is 19.1 Å². The largest absolute Gasteiger partial charge is 0.308 e. The molecule has 0 saturated carbocycles. The molecule has 2 rings (SSSR count). The van der Waals surface area contributed by atoms with Crippen molar-refractivity contribution < 1.29 is 18.2 Å². The van der Waals surface area contributed by atoms with Gasteiger partial charge in [-0.3, -0.25) is 13.8 Å². The molecule has 19 heavy (non-hydrogen) atoms. The molecule has 1 amide bonds. The second-order valence-electron chi connectivity index (χ2n) is 4.36. The Morgan fingerprint density at radius 2 is 2.16 bits per heavy atom.